The summed E-state index contributed by atoms with van der Waals surface area (Å²) >= 11 is 1.29. The summed E-state index contributed by atoms with van der Waals surface area (Å²) in [5.41, 5.74) is 0. The average molecular weight is 245 g/mol. The van der Waals surface area contributed by atoms with E-state index in [1.165, 1.54) is 36.3 Å². The Morgan fingerprint density at radius 2 is 2.33 bits per heavy atom. The molecule has 3 radical (unpaired) electrons. The molecule has 45 valence electrons. The molecule has 0 aliphatic heterocycles. The molecule has 0 aliphatic rings. The molecule has 9 heavy (non-hydrogen) atoms. The molecule has 0 aliphatic carbocycles. The molecule has 0 unspecified atom stereocenters. The van der Waals surface area contributed by atoms with E-state index in [-0.39, 0.29) is 0 Å². The van der Waals surface area contributed by atoms with Crippen molar-refractivity contribution in [3.8, 4) is 0 Å². The maximum atomic E-state index is 10.8. The van der Waals surface area contributed by atoms with Crippen LogP contribution in [-0.4, -0.2) is 21.1 Å². The quantitative estimate of drug-likeness (QED) is 0.409. The summed E-state index contributed by atoms with van der Waals surface area (Å²) < 4.78 is 0.874. The number of hydrogen-bond donors (Lipinski definition) is 0. The van der Waals surface area contributed by atoms with Gasteiger partial charge in [-0.3, -0.25) is 0 Å². The molecule has 2 nitrogen and oxygen atoms in total. The Kier molecular flexibility index (Phi) is 2.65. The molecule has 0 aromatic carbocycles. The number of pyridine rings is 1. The van der Waals surface area contributed by atoms with E-state index in [1.54, 1.807) is 6.07 Å². The summed E-state index contributed by atoms with van der Waals surface area (Å²) in [5.74, 6) is 0. The van der Waals surface area contributed by atoms with Crippen LogP contribution in [0.4, 0.5) is 0 Å². The van der Waals surface area contributed by atoms with E-state index in [2.05, 4.69) is 0 Å². The van der Waals surface area contributed by atoms with Crippen LogP contribution in [0.15, 0.2) is 29.4 Å². The Bertz CT molecular complexity index is 206. The summed E-state index contributed by atoms with van der Waals surface area (Å²) in [4.78, 5) is 0. The summed E-state index contributed by atoms with van der Waals surface area (Å²) in [5, 5.41) is 11.5. The topological polar surface area (TPSA) is 26.9 Å². The SMILES string of the molecule is [O-][n+]1ccccc1[S][Sn]. The third-order valence-electron chi connectivity index (χ3n) is 0.893. The molecule has 0 spiro atoms. The van der Waals surface area contributed by atoms with Gasteiger partial charge in [0.1, 0.15) is 0 Å². The molecule has 0 fully saturated rings. The minimum absolute atomic E-state index is 0.774. The van der Waals surface area contributed by atoms with Crippen LogP contribution < -0.4 is 4.73 Å². The van der Waals surface area contributed by atoms with Crippen LogP contribution in [0.1, 0.15) is 0 Å². The second-order valence-corrected chi connectivity index (χ2v) is 3.84. The first-order valence-corrected chi connectivity index (χ1v) is 6.67. The fraction of sp³-hybridized carbons (Fsp3) is 0. The third-order valence-corrected chi connectivity index (χ3v) is 3.21. The van der Waals surface area contributed by atoms with Crippen molar-refractivity contribution in [2.24, 2.45) is 0 Å². The van der Waals surface area contributed by atoms with Gasteiger partial charge in [0, 0.05) is 0 Å². The standard InChI is InChI=1S/C5H5NOS.Sn/c7-6-4-2-1-3-5(6)8;/h1-4,8H;/q;+1/p-1. The molecule has 0 atom stereocenters. The monoisotopic (exact) mass is 246 g/mol. The van der Waals surface area contributed by atoms with Crippen molar-refractivity contribution < 1.29 is 4.73 Å². The summed E-state index contributed by atoms with van der Waals surface area (Å²) in [6.07, 6.45) is 1.51. The van der Waals surface area contributed by atoms with Crippen molar-refractivity contribution in [2.75, 3.05) is 0 Å². The van der Waals surface area contributed by atoms with Gasteiger partial charge < -0.3 is 0 Å². The number of aromatic nitrogens is 1. The Hall–Kier alpha value is 0.0987. The van der Waals surface area contributed by atoms with Gasteiger partial charge in [-0.1, -0.05) is 0 Å². The Balaban J connectivity index is 3.01. The predicted molar refractivity (Wildman–Crippen MR) is 37.0 cm³/mol. The first-order valence-electron chi connectivity index (χ1n) is 2.36. The second kappa shape index (κ2) is 3.31. The molecule has 0 saturated heterocycles. The Labute approximate surface area is 69.4 Å². The van der Waals surface area contributed by atoms with Gasteiger partial charge in [-0.2, -0.15) is 0 Å². The predicted octanol–water partition coefficient (Wildman–Crippen LogP) is 0.496. The summed E-state index contributed by atoms with van der Waals surface area (Å²) in [7, 11) is 1.54. The van der Waals surface area contributed by atoms with Crippen molar-refractivity contribution in [1.29, 1.82) is 0 Å². The van der Waals surface area contributed by atoms with Gasteiger partial charge >= 0.3 is 69.4 Å². The zero-order valence-corrected chi connectivity index (χ0v) is 8.24. The molecule has 0 N–H and O–H groups in total. The van der Waals surface area contributed by atoms with Crippen molar-refractivity contribution >= 4 is 30.1 Å². The van der Waals surface area contributed by atoms with E-state index >= 15 is 0 Å². The van der Waals surface area contributed by atoms with Gasteiger partial charge in [-0.05, 0) is 0 Å². The molecule has 0 amide bonds. The normalized spacial score (nSPS) is 9.44. The van der Waals surface area contributed by atoms with Gasteiger partial charge in [0.2, 0.25) is 0 Å². The van der Waals surface area contributed by atoms with Crippen LogP contribution in [0.5, 0.6) is 0 Å². The van der Waals surface area contributed by atoms with Gasteiger partial charge in [0.25, 0.3) is 0 Å². The minimum atomic E-state index is 0.774. The van der Waals surface area contributed by atoms with Crippen molar-refractivity contribution in [3.63, 3.8) is 0 Å². The van der Waals surface area contributed by atoms with E-state index in [9.17, 15) is 5.21 Å². The molecule has 0 bridgehead atoms. The number of hydrogen-bond acceptors (Lipinski definition) is 2. The molecule has 1 heterocycles. The molecular weight excluding hydrogens is 241 g/mol. The van der Waals surface area contributed by atoms with Crippen LogP contribution in [-0.2, 0) is 0 Å². The number of nitrogens with zero attached hydrogens (tertiary/aromatic N) is 1. The molecule has 1 aromatic heterocycles. The Morgan fingerprint density at radius 1 is 1.56 bits per heavy atom. The van der Waals surface area contributed by atoms with Crippen LogP contribution in [0, 0.1) is 5.21 Å². The first kappa shape index (κ1) is 7.21. The molecular formula is C5H4NOSSn. The van der Waals surface area contributed by atoms with Gasteiger partial charge in [-0.25, -0.2) is 0 Å². The molecule has 0 saturated carbocycles. The van der Waals surface area contributed by atoms with Crippen molar-refractivity contribution in [1.82, 2.24) is 0 Å². The average Bonchev–Trinajstić information content (AvgIpc) is 1.89. The van der Waals surface area contributed by atoms with E-state index in [1.807, 2.05) is 12.1 Å². The van der Waals surface area contributed by atoms with E-state index in [0.29, 0.717) is 0 Å². The second-order valence-electron chi connectivity index (χ2n) is 1.47. The van der Waals surface area contributed by atoms with Crippen molar-refractivity contribution in [2.45, 2.75) is 5.03 Å². The van der Waals surface area contributed by atoms with Crippen LogP contribution >= 0.6 is 8.95 Å². The zero-order valence-electron chi connectivity index (χ0n) is 4.57. The van der Waals surface area contributed by atoms with E-state index in [4.69, 9.17) is 0 Å². The van der Waals surface area contributed by atoms with Crippen LogP contribution in [0.3, 0.4) is 0 Å². The van der Waals surface area contributed by atoms with Gasteiger partial charge in [0.05, 0.1) is 0 Å². The molecule has 4 heteroatoms. The maximum absolute atomic E-state index is 10.8. The van der Waals surface area contributed by atoms with Gasteiger partial charge in [0.15, 0.2) is 0 Å². The van der Waals surface area contributed by atoms with Crippen LogP contribution in [0.2, 0.25) is 0 Å². The first-order chi connectivity index (χ1) is 4.34. The van der Waals surface area contributed by atoms with Crippen molar-refractivity contribution in [3.05, 3.63) is 29.6 Å². The van der Waals surface area contributed by atoms with Crippen LogP contribution in [0.25, 0.3) is 0 Å². The van der Waals surface area contributed by atoms with E-state index < -0.39 is 0 Å². The molecule has 1 aromatic rings. The third kappa shape index (κ3) is 1.76. The fourth-order valence-electron chi connectivity index (χ4n) is 0.492. The summed E-state index contributed by atoms with van der Waals surface area (Å²) in [6.45, 7) is 0. The zero-order chi connectivity index (χ0) is 6.69. The Morgan fingerprint density at radius 3 is 2.78 bits per heavy atom. The fourth-order valence-corrected chi connectivity index (χ4v) is 2.14. The molecule has 1 rings (SSSR count). The van der Waals surface area contributed by atoms with E-state index in [0.717, 1.165) is 9.76 Å². The summed E-state index contributed by atoms with van der Waals surface area (Å²) in [6, 6.07) is 5.40. The van der Waals surface area contributed by atoms with Gasteiger partial charge in [-0.15, -0.1) is 0 Å². The number of rotatable bonds is 1.